The quantitative estimate of drug-likeness (QED) is 0.290. The summed E-state index contributed by atoms with van der Waals surface area (Å²) in [4.78, 5) is 14.7. The van der Waals surface area contributed by atoms with Crippen LogP contribution in [0.4, 0.5) is 13.2 Å². The van der Waals surface area contributed by atoms with E-state index in [0.717, 1.165) is 12.1 Å². The summed E-state index contributed by atoms with van der Waals surface area (Å²) in [6.45, 7) is 0. The van der Waals surface area contributed by atoms with Crippen molar-refractivity contribution < 1.29 is 18.4 Å². The molecule has 124 valence electrons. The molecule has 0 radical (unpaired) electrons. The van der Waals surface area contributed by atoms with Crippen LogP contribution in [0.1, 0.15) is 11.3 Å². The highest BCUT2D eigenvalue weighted by Gasteiger charge is 2.30. The van der Waals surface area contributed by atoms with Gasteiger partial charge in [-0.25, -0.2) is 0 Å². The molecule has 0 aliphatic rings. The number of aromatic amines is 1. The number of H-pyrrole nitrogens is 1. The van der Waals surface area contributed by atoms with Crippen molar-refractivity contribution in [3.8, 4) is 11.3 Å². The van der Waals surface area contributed by atoms with E-state index in [1.54, 1.807) is 0 Å². The number of amidine groups is 1. The third-order valence-corrected chi connectivity index (χ3v) is 3.55. The first-order valence-electron chi connectivity index (χ1n) is 6.71. The molecular weight excluding hydrogens is 325 g/mol. The number of nitrogens with two attached hydrogens (primary N) is 1. The number of hydrogen-bond acceptors (Lipinski definition) is 3. The maximum atomic E-state index is 12.6. The van der Waals surface area contributed by atoms with Crippen molar-refractivity contribution >= 4 is 11.4 Å². The summed E-state index contributed by atoms with van der Waals surface area (Å²) in [5.41, 5.74) is 5.54. The molecule has 0 fully saturated rings. The van der Waals surface area contributed by atoms with Gasteiger partial charge < -0.3 is 20.3 Å². The van der Waals surface area contributed by atoms with Crippen LogP contribution in [0.2, 0.25) is 0 Å². The number of halogens is 3. The number of nitrogens with zero attached hydrogens (tertiary/aromatic N) is 2. The zero-order valence-corrected chi connectivity index (χ0v) is 12.0. The zero-order valence-electron chi connectivity index (χ0n) is 12.0. The highest BCUT2D eigenvalue weighted by molar-refractivity contribution is 5.96. The van der Waals surface area contributed by atoms with Crippen molar-refractivity contribution in [3.63, 3.8) is 0 Å². The van der Waals surface area contributed by atoms with Gasteiger partial charge in [-0.2, -0.15) is 13.2 Å². The van der Waals surface area contributed by atoms with Gasteiger partial charge in [0, 0.05) is 6.20 Å². The van der Waals surface area contributed by atoms with Crippen LogP contribution >= 0.6 is 0 Å². The van der Waals surface area contributed by atoms with E-state index in [2.05, 4.69) is 10.1 Å². The molecule has 0 amide bonds. The lowest BCUT2D eigenvalue weighted by molar-refractivity contribution is -0.137. The van der Waals surface area contributed by atoms with E-state index in [1.165, 1.54) is 34.9 Å². The lowest BCUT2D eigenvalue weighted by Crippen LogP contribution is -2.18. The SMILES string of the molecule is NC(=NO)c1ccc2c(=O)[nH]c(-c3ccc(C(F)(F)F)cc3)cn12. The van der Waals surface area contributed by atoms with E-state index >= 15 is 0 Å². The Morgan fingerprint density at radius 1 is 1.17 bits per heavy atom. The second-order valence-electron chi connectivity index (χ2n) is 5.03. The fraction of sp³-hybridized carbons (Fsp3) is 0.0667. The van der Waals surface area contributed by atoms with E-state index in [-0.39, 0.29) is 17.0 Å². The van der Waals surface area contributed by atoms with Crippen LogP contribution in [0, 0.1) is 0 Å². The molecule has 0 atom stereocenters. The maximum absolute atomic E-state index is 12.6. The van der Waals surface area contributed by atoms with Crippen molar-refractivity contribution in [3.05, 3.63) is 64.2 Å². The summed E-state index contributed by atoms with van der Waals surface area (Å²) in [5, 5.41) is 11.7. The first-order chi connectivity index (χ1) is 11.3. The molecule has 2 heterocycles. The van der Waals surface area contributed by atoms with Crippen LogP contribution in [0.3, 0.4) is 0 Å². The summed E-state index contributed by atoms with van der Waals surface area (Å²) in [6.07, 6.45) is -2.94. The summed E-state index contributed by atoms with van der Waals surface area (Å²) >= 11 is 0. The van der Waals surface area contributed by atoms with Crippen LogP contribution in [0.5, 0.6) is 0 Å². The Hall–Kier alpha value is -3.23. The van der Waals surface area contributed by atoms with Crippen molar-refractivity contribution in [2.45, 2.75) is 6.18 Å². The molecule has 4 N–H and O–H groups in total. The number of benzene rings is 1. The lowest BCUT2D eigenvalue weighted by Gasteiger charge is -2.09. The molecule has 0 spiro atoms. The first kappa shape index (κ1) is 15.7. The summed E-state index contributed by atoms with van der Waals surface area (Å²) < 4.78 is 39.3. The van der Waals surface area contributed by atoms with Gasteiger partial charge >= 0.3 is 6.18 Å². The largest absolute Gasteiger partial charge is 0.416 e. The number of fused-ring (bicyclic) bond motifs is 1. The van der Waals surface area contributed by atoms with Gasteiger partial charge in [-0.3, -0.25) is 4.79 Å². The van der Waals surface area contributed by atoms with Crippen molar-refractivity contribution in [2.24, 2.45) is 10.9 Å². The Kier molecular flexibility index (Phi) is 3.55. The van der Waals surface area contributed by atoms with Crippen LogP contribution in [-0.4, -0.2) is 20.4 Å². The average molecular weight is 336 g/mol. The van der Waals surface area contributed by atoms with Gasteiger partial charge in [0.25, 0.3) is 5.56 Å². The molecule has 3 aromatic rings. The minimum atomic E-state index is -4.43. The van der Waals surface area contributed by atoms with Gasteiger partial charge in [0.1, 0.15) is 5.52 Å². The minimum Gasteiger partial charge on any atom is -0.409 e. The number of hydrogen-bond donors (Lipinski definition) is 3. The molecule has 9 heteroatoms. The topological polar surface area (TPSA) is 95.9 Å². The number of aromatic nitrogens is 2. The Morgan fingerprint density at radius 2 is 1.83 bits per heavy atom. The van der Waals surface area contributed by atoms with E-state index < -0.39 is 17.3 Å². The second kappa shape index (κ2) is 5.44. The lowest BCUT2D eigenvalue weighted by atomic mass is 10.1. The van der Waals surface area contributed by atoms with Gasteiger partial charge in [-0.05, 0) is 29.8 Å². The summed E-state index contributed by atoms with van der Waals surface area (Å²) in [6, 6.07) is 7.36. The third kappa shape index (κ3) is 2.60. The van der Waals surface area contributed by atoms with Crippen molar-refractivity contribution in [1.29, 1.82) is 0 Å². The molecule has 0 saturated carbocycles. The molecule has 24 heavy (non-hydrogen) atoms. The highest BCUT2D eigenvalue weighted by Crippen LogP contribution is 2.30. The molecule has 1 aromatic carbocycles. The van der Waals surface area contributed by atoms with Gasteiger partial charge in [0.15, 0.2) is 5.84 Å². The number of alkyl halides is 3. The number of rotatable bonds is 2. The standard InChI is InChI=1S/C15H11F3N4O2/c16-15(17,18)9-3-1-8(2-4-9)10-7-22-11(13(19)21-24)5-6-12(22)14(23)20-10/h1-7,24H,(H2,19,21)(H,20,23). The Balaban J connectivity index is 2.15. The van der Waals surface area contributed by atoms with Gasteiger partial charge in [-0.15, -0.1) is 0 Å². The monoisotopic (exact) mass is 336 g/mol. The molecule has 0 aliphatic heterocycles. The second-order valence-corrected chi connectivity index (χ2v) is 5.03. The van der Waals surface area contributed by atoms with Gasteiger partial charge in [0.05, 0.1) is 17.0 Å². The zero-order chi connectivity index (χ0) is 17.5. The Labute approximate surface area is 132 Å². The van der Waals surface area contributed by atoms with Crippen LogP contribution in [0.25, 0.3) is 16.8 Å². The van der Waals surface area contributed by atoms with Crippen molar-refractivity contribution in [2.75, 3.05) is 0 Å². The van der Waals surface area contributed by atoms with E-state index in [9.17, 15) is 18.0 Å². The molecule has 2 aromatic heterocycles. The van der Waals surface area contributed by atoms with Crippen molar-refractivity contribution in [1.82, 2.24) is 9.38 Å². The van der Waals surface area contributed by atoms with E-state index in [0.29, 0.717) is 11.3 Å². The van der Waals surface area contributed by atoms with E-state index in [4.69, 9.17) is 10.9 Å². The van der Waals surface area contributed by atoms with E-state index in [1.807, 2.05) is 0 Å². The molecule has 0 bridgehead atoms. The summed E-state index contributed by atoms with van der Waals surface area (Å²) in [7, 11) is 0. The maximum Gasteiger partial charge on any atom is 0.416 e. The molecule has 6 nitrogen and oxygen atoms in total. The Morgan fingerprint density at radius 3 is 2.42 bits per heavy atom. The molecule has 0 unspecified atom stereocenters. The van der Waals surface area contributed by atoms with Gasteiger partial charge in [0.2, 0.25) is 0 Å². The predicted molar refractivity (Wildman–Crippen MR) is 81.0 cm³/mol. The molecule has 0 aliphatic carbocycles. The molecular formula is C15H11F3N4O2. The normalized spacial score (nSPS) is 12.7. The Bertz CT molecular complexity index is 985. The van der Waals surface area contributed by atoms with Crippen LogP contribution in [-0.2, 0) is 6.18 Å². The van der Waals surface area contributed by atoms with Crippen LogP contribution in [0.15, 0.2) is 52.5 Å². The minimum absolute atomic E-state index is 0.195. The smallest absolute Gasteiger partial charge is 0.409 e. The molecule has 0 saturated heterocycles. The number of nitrogens with one attached hydrogen (secondary N) is 1. The summed E-state index contributed by atoms with van der Waals surface area (Å²) in [5.74, 6) is -0.195. The highest BCUT2D eigenvalue weighted by atomic mass is 19.4. The molecule has 3 rings (SSSR count). The van der Waals surface area contributed by atoms with Gasteiger partial charge in [-0.1, -0.05) is 17.3 Å². The third-order valence-electron chi connectivity index (χ3n) is 3.55. The average Bonchev–Trinajstić information content (AvgIpc) is 2.98. The fourth-order valence-electron chi connectivity index (χ4n) is 2.37. The van der Waals surface area contributed by atoms with Crippen LogP contribution < -0.4 is 11.3 Å². The fourth-order valence-corrected chi connectivity index (χ4v) is 2.37. The first-order valence-corrected chi connectivity index (χ1v) is 6.71. The predicted octanol–water partition coefficient (Wildman–Crippen LogP) is 2.41. The number of oxime groups is 1.